The van der Waals surface area contributed by atoms with Crippen LogP contribution in [0.25, 0.3) is 0 Å². The van der Waals surface area contributed by atoms with Crippen molar-refractivity contribution in [2.45, 2.75) is 70.7 Å². The molecule has 0 aliphatic rings. The lowest BCUT2D eigenvalue weighted by Crippen LogP contribution is -2.68. The highest BCUT2D eigenvalue weighted by atomic mass is 28.4. The Morgan fingerprint density at radius 2 is 0.933 bits per heavy atom. The molecule has 0 atom stereocenters. The number of hydrogen-bond acceptors (Lipinski definition) is 1. The summed E-state index contributed by atoms with van der Waals surface area (Å²) in [5, 5.41) is 0. The second kappa shape index (κ2) is 4.13. The highest BCUT2D eigenvalue weighted by molar-refractivity contribution is 6.99. The topological polar surface area (TPSA) is 9.23 Å². The Morgan fingerprint density at radius 1 is 0.667 bits per heavy atom. The fraction of sp³-hybridized carbons (Fsp3) is 1.00. The Morgan fingerprint density at radius 3 is 1.00 bits per heavy atom. The third-order valence-corrected chi connectivity index (χ3v) is 15.2. The first-order valence-electron chi connectivity index (χ1n) is 5.91. The molecule has 0 amide bonds. The largest absolute Gasteiger partial charge is 0.418 e. The average Bonchev–Trinajstić information content (AvgIpc) is 1.77. The molecule has 0 saturated heterocycles. The summed E-state index contributed by atoms with van der Waals surface area (Å²) in [4.78, 5) is 0.199. The van der Waals surface area contributed by atoms with Crippen LogP contribution in [-0.2, 0) is 4.43 Å². The fourth-order valence-corrected chi connectivity index (χ4v) is 16.6. The molecule has 0 fully saturated rings. The zero-order valence-electron chi connectivity index (χ0n) is 12.4. The highest BCUT2D eigenvalue weighted by Crippen LogP contribution is 2.36. The average molecular weight is 263 g/mol. The van der Waals surface area contributed by atoms with Crippen LogP contribution in [0.1, 0.15) is 6.92 Å². The molecule has 0 spiro atoms. The molecule has 0 heterocycles. The van der Waals surface area contributed by atoms with E-state index >= 15 is 0 Å². The molecule has 1 nitrogen and oxygen atoms in total. The summed E-state index contributed by atoms with van der Waals surface area (Å²) >= 11 is 0. The van der Waals surface area contributed by atoms with Crippen molar-refractivity contribution in [3.63, 3.8) is 0 Å². The van der Waals surface area contributed by atoms with E-state index < -0.39 is 24.5 Å². The van der Waals surface area contributed by atoms with Crippen LogP contribution >= 0.6 is 0 Å². The molecule has 0 unspecified atom stereocenters. The van der Waals surface area contributed by atoms with Crippen LogP contribution in [0.4, 0.5) is 0 Å². The zero-order chi connectivity index (χ0) is 12.7. The molecule has 0 aromatic heterocycles. The maximum absolute atomic E-state index is 6.62. The Labute approximate surface area is 99.8 Å². The van der Waals surface area contributed by atoms with E-state index in [4.69, 9.17) is 4.43 Å². The predicted octanol–water partition coefficient (Wildman–Crippen LogP) is 4.35. The van der Waals surface area contributed by atoms with Crippen LogP contribution in [0.5, 0.6) is 0 Å². The molecular weight excluding hydrogens is 232 g/mol. The van der Waals surface area contributed by atoms with Gasteiger partial charge in [-0.1, -0.05) is 39.3 Å². The lowest BCUT2D eigenvalue weighted by Gasteiger charge is -2.52. The number of hydrogen-bond donors (Lipinski definition) is 0. The van der Waals surface area contributed by atoms with Crippen molar-refractivity contribution in [2.24, 2.45) is 0 Å². The third kappa shape index (κ3) is 3.84. The molecule has 0 N–H and O–H groups in total. The predicted molar refractivity (Wildman–Crippen MR) is 79.5 cm³/mol. The molecule has 0 rings (SSSR count). The summed E-state index contributed by atoms with van der Waals surface area (Å²) in [5.41, 5.74) is 0. The van der Waals surface area contributed by atoms with Crippen LogP contribution in [0.3, 0.4) is 0 Å². The summed E-state index contributed by atoms with van der Waals surface area (Å²) in [6, 6.07) is 0. The Balaban J connectivity index is 5.26. The molecule has 0 radical (unpaired) electrons. The standard InChI is InChI=1S/C11H30OSi3/c1-11(13(2,3)4,14(5,6)7)12-15(8,9)10/h1-10H3. The van der Waals surface area contributed by atoms with E-state index in [0.717, 1.165) is 0 Å². The van der Waals surface area contributed by atoms with Gasteiger partial charge in [0.15, 0.2) is 8.32 Å². The maximum atomic E-state index is 6.62. The SMILES string of the molecule is CC(O[Si](C)(C)C)([Si](C)(C)C)[Si](C)(C)C. The minimum Gasteiger partial charge on any atom is -0.418 e. The van der Waals surface area contributed by atoms with Crippen molar-refractivity contribution in [1.82, 2.24) is 0 Å². The molecule has 92 valence electrons. The summed E-state index contributed by atoms with van der Waals surface area (Å²) < 4.78 is 6.62. The summed E-state index contributed by atoms with van der Waals surface area (Å²) in [6.07, 6.45) is 0. The molecule has 4 heteroatoms. The zero-order valence-corrected chi connectivity index (χ0v) is 15.4. The van der Waals surface area contributed by atoms with Gasteiger partial charge in [0.05, 0.1) is 16.1 Å². The third-order valence-electron chi connectivity index (χ3n) is 3.37. The monoisotopic (exact) mass is 262 g/mol. The first-order chi connectivity index (χ1) is 6.21. The van der Waals surface area contributed by atoms with Crippen molar-refractivity contribution in [3.8, 4) is 0 Å². The van der Waals surface area contributed by atoms with Gasteiger partial charge >= 0.3 is 0 Å². The maximum Gasteiger partial charge on any atom is 0.183 e. The van der Waals surface area contributed by atoms with Gasteiger partial charge in [-0.05, 0) is 26.6 Å². The van der Waals surface area contributed by atoms with Crippen molar-refractivity contribution >= 4 is 24.5 Å². The van der Waals surface area contributed by atoms with Crippen LogP contribution in [-0.4, -0.2) is 29.3 Å². The molecule has 0 aromatic rings. The van der Waals surface area contributed by atoms with E-state index in [-0.39, 0.29) is 4.85 Å². The minimum absolute atomic E-state index is 0.199. The van der Waals surface area contributed by atoms with Crippen molar-refractivity contribution in [3.05, 3.63) is 0 Å². The Bertz CT molecular complexity index is 203. The van der Waals surface area contributed by atoms with Gasteiger partial charge in [0.1, 0.15) is 0 Å². The minimum atomic E-state index is -1.44. The highest BCUT2D eigenvalue weighted by Gasteiger charge is 2.51. The van der Waals surface area contributed by atoms with Crippen LogP contribution in [0, 0.1) is 0 Å². The van der Waals surface area contributed by atoms with Crippen molar-refractivity contribution < 1.29 is 4.43 Å². The molecular formula is C11H30OSi3. The first kappa shape index (κ1) is 15.6. The second-order valence-corrected chi connectivity index (χ2v) is 23.6. The van der Waals surface area contributed by atoms with Gasteiger partial charge < -0.3 is 4.43 Å². The summed E-state index contributed by atoms with van der Waals surface area (Å²) in [5.74, 6) is 0. The fourth-order valence-electron chi connectivity index (χ4n) is 2.04. The molecule has 0 aromatic carbocycles. The Kier molecular flexibility index (Phi) is 4.29. The Hall–Kier alpha value is 0.611. The first-order valence-corrected chi connectivity index (χ1v) is 16.3. The van der Waals surface area contributed by atoms with Gasteiger partial charge in [-0.15, -0.1) is 0 Å². The van der Waals surface area contributed by atoms with E-state index in [1.54, 1.807) is 0 Å². The molecule has 0 bridgehead atoms. The van der Waals surface area contributed by atoms with Gasteiger partial charge in [0.25, 0.3) is 0 Å². The van der Waals surface area contributed by atoms with Gasteiger partial charge in [-0.3, -0.25) is 0 Å². The van der Waals surface area contributed by atoms with Gasteiger partial charge in [0.2, 0.25) is 0 Å². The van der Waals surface area contributed by atoms with E-state index in [1.165, 1.54) is 0 Å². The van der Waals surface area contributed by atoms with Crippen molar-refractivity contribution in [1.29, 1.82) is 0 Å². The van der Waals surface area contributed by atoms with E-state index in [2.05, 4.69) is 65.8 Å². The smallest absolute Gasteiger partial charge is 0.183 e. The van der Waals surface area contributed by atoms with Gasteiger partial charge in [0, 0.05) is 4.85 Å². The molecule has 0 saturated carbocycles. The molecule has 15 heavy (non-hydrogen) atoms. The summed E-state index contributed by atoms with van der Waals surface area (Å²) in [6.45, 7) is 24.0. The summed E-state index contributed by atoms with van der Waals surface area (Å²) in [7, 11) is -4.01. The van der Waals surface area contributed by atoms with Gasteiger partial charge in [-0.2, -0.15) is 0 Å². The van der Waals surface area contributed by atoms with Crippen molar-refractivity contribution in [2.75, 3.05) is 0 Å². The van der Waals surface area contributed by atoms with Crippen LogP contribution in [0.15, 0.2) is 0 Å². The molecule has 0 aliphatic heterocycles. The van der Waals surface area contributed by atoms with E-state index in [0.29, 0.717) is 0 Å². The van der Waals surface area contributed by atoms with Crippen LogP contribution < -0.4 is 0 Å². The van der Waals surface area contributed by atoms with E-state index in [9.17, 15) is 0 Å². The van der Waals surface area contributed by atoms with E-state index in [1.807, 2.05) is 0 Å². The van der Waals surface area contributed by atoms with Crippen LogP contribution in [0.2, 0.25) is 58.9 Å². The quantitative estimate of drug-likeness (QED) is 0.684. The molecule has 0 aliphatic carbocycles. The normalized spacial score (nSPS) is 15.6. The number of rotatable bonds is 4. The second-order valence-electron chi connectivity index (χ2n) is 7.75. The van der Waals surface area contributed by atoms with Gasteiger partial charge in [-0.25, -0.2) is 0 Å². The lowest BCUT2D eigenvalue weighted by molar-refractivity contribution is 0.229. The lowest BCUT2D eigenvalue weighted by atomic mass is 10.8.